The molecule has 2 N–H and O–H groups in total. The molecule has 1 unspecified atom stereocenters. The Hall–Kier alpha value is -1.23. The fraction of sp³-hybridized carbons (Fsp3) is 0.333. The summed E-state index contributed by atoms with van der Waals surface area (Å²) < 4.78 is 6.39. The molecular formula is C18H20BrClO3. The zero-order valence-corrected chi connectivity index (χ0v) is 15.4. The molecule has 0 fully saturated rings. The standard InChI is InChI=1S/C18H20BrClO3/c1-18(2,12-3-6-14(21)7-4-12)13-5-8-17(16(19)9-13)23-11-15(22)10-20/h3-9,15,21-22H,10-11H2,1-2H3. The highest BCUT2D eigenvalue weighted by atomic mass is 79.9. The first-order valence-corrected chi connectivity index (χ1v) is 8.63. The van der Waals surface area contributed by atoms with Crippen LogP contribution in [0.4, 0.5) is 0 Å². The van der Waals surface area contributed by atoms with E-state index in [9.17, 15) is 10.2 Å². The molecule has 5 heteroatoms. The Kier molecular flexibility index (Phi) is 5.95. The van der Waals surface area contributed by atoms with Gasteiger partial charge in [0.1, 0.15) is 24.2 Å². The molecule has 0 aliphatic heterocycles. The monoisotopic (exact) mass is 398 g/mol. The molecule has 1 atom stereocenters. The molecule has 2 aromatic carbocycles. The zero-order chi connectivity index (χ0) is 17.0. The van der Waals surface area contributed by atoms with Gasteiger partial charge in [-0.3, -0.25) is 0 Å². The van der Waals surface area contributed by atoms with Crippen molar-refractivity contribution in [3.63, 3.8) is 0 Å². The maximum absolute atomic E-state index is 9.47. The molecule has 0 aromatic heterocycles. The summed E-state index contributed by atoms with van der Waals surface area (Å²) in [6, 6.07) is 13.1. The highest BCUT2D eigenvalue weighted by molar-refractivity contribution is 9.10. The highest BCUT2D eigenvalue weighted by Crippen LogP contribution is 2.36. The van der Waals surface area contributed by atoms with Gasteiger partial charge in [-0.2, -0.15) is 0 Å². The summed E-state index contributed by atoms with van der Waals surface area (Å²) in [5.41, 5.74) is 2.00. The summed E-state index contributed by atoms with van der Waals surface area (Å²) in [6.07, 6.45) is -0.684. The molecule has 0 bridgehead atoms. The van der Waals surface area contributed by atoms with Crippen LogP contribution in [-0.2, 0) is 5.41 Å². The van der Waals surface area contributed by atoms with Gasteiger partial charge in [-0.15, -0.1) is 11.6 Å². The number of benzene rings is 2. The Morgan fingerprint density at radius 2 is 1.74 bits per heavy atom. The average Bonchev–Trinajstić information content (AvgIpc) is 2.53. The molecule has 2 rings (SSSR count). The predicted octanol–water partition coefficient (Wildman–Crippen LogP) is 4.46. The van der Waals surface area contributed by atoms with Crippen molar-refractivity contribution in [1.82, 2.24) is 0 Å². The largest absolute Gasteiger partial charge is 0.508 e. The minimum Gasteiger partial charge on any atom is -0.508 e. The van der Waals surface area contributed by atoms with E-state index in [1.54, 1.807) is 12.1 Å². The zero-order valence-electron chi connectivity index (χ0n) is 13.1. The van der Waals surface area contributed by atoms with E-state index in [0.717, 1.165) is 15.6 Å². The van der Waals surface area contributed by atoms with Crippen molar-refractivity contribution in [1.29, 1.82) is 0 Å². The Morgan fingerprint density at radius 1 is 1.13 bits per heavy atom. The maximum atomic E-state index is 9.47. The Bertz CT molecular complexity index is 656. The smallest absolute Gasteiger partial charge is 0.133 e. The molecular weight excluding hydrogens is 380 g/mol. The molecule has 0 saturated carbocycles. The van der Waals surface area contributed by atoms with E-state index >= 15 is 0 Å². The SMILES string of the molecule is CC(C)(c1ccc(O)cc1)c1ccc(OCC(O)CCl)c(Br)c1. The van der Waals surface area contributed by atoms with Crippen molar-refractivity contribution in [3.8, 4) is 11.5 Å². The Balaban J connectivity index is 2.23. The van der Waals surface area contributed by atoms with Crippen molar-refractivity contribution < 1.29 is 14.9 Å². The third-order valence-corrected chi connectivity index (χ3v) is 4.83. The van der Waals surface area contributed by atoms with E-state index in [-0.39, 0.29) is 23.7 Å². The third-order valence-electron chi connectivity index (χ3n) is 3.85. The van der Waals surface area contributed by atoms with Gasteiger partial charge in [0.05, 0.1) is 10.4 Å². The molecule has 0 heterocycles. The number of halogens is 2. The van der Waals surface area contributed by atoms with Crippen molar-refractivity contribution in [3.05, 3.63) is 58.1 Å². The number of aromatic hydroxyl groups is 1. The van der Waals surface area contributed by atoms with Crippen LogP contribution in [0.3, 0.4) is 0 Å². The number of aliphatic hydroxyl groups is 1. The van der Waals surface area contributed by atoms with Crippen LogP contribution in [0.1, 0.15) is 25.0 Å². The number of rotatable bonds is 6. The van der Waals surface area contributed by atoms with Crippen molar-refractivity contribution in [2.75, 3.05) is 12.5 Å². The van der Waals surface area contributed by atoms with E-state index in [4.69, 9.17) is 16.3 Å². The Morgan fingerprint density at radius 3 is 2.30 bits per heavy atom. The molecule has 2 aromatic rings. The van der Waals surface area contributed by atoms with Gasteiger partial charge in [-0.25, -0.2) is 0 Å². The minimum atomic E-state index is -0.684. The number of hydrogen-bond donors (Lipinski definition) is 2. The van der Waals surface area contributed by atoms with Crippen LogP contribution in [-0.4, -0.2) is 28.8 Å². The van der Waals surface area contributed by atoms with Gasteiger partial charge in [0.25, 0.3) is 0 Å². The predicted molar refractivity (Wildman–Crippen MR) is 96.6 cm³/mol. The summed E-state index contributed by atoms with van der Waals surface area (Å²) in [7, 11) is 0. The number of alkyl halides is 1. The number of hydrogen-bond acceptors (Lipinski definition) is 3. The van der Waals surface area contributed by atoms with E-state index < -0.39 is 6.10 Å². The summed E-state index contributed by atoms with van der Waals surface area (Å²) >= 11 is 9.08. The lowest BCUT2D eigenvalue weighted by Gasteiger charge is -2.27. The number of phenolic OH excluding ortho intramolecular Hbond substituents is 1. The highest BCUT2D eigenvalue weighted by Gasteiger charge is 2.24. The first-order valence-electron chi connectivity index (χ1n) is 7.31. The molecule has 0 aliphatic carbocycles. The number of phenols is 1. The lowest BCUT2D eigenvalue weighted by atomic mass is 9.78. The average molecular weight is 400 g/mol. The summed E-state index contributed by atoms with van der Waals surface area (Å²) in [5, 5.41) is 18.9. The normalized spacial score (nSPS) is 12.9. The minimum absolute atomic E-state index is 0.142. The van der Waals surface area contributed by atoms with Gasteiger partial charge in [0, 0.05) is 5.41 Å². The fourth-order valence-corrected chi connectivity index (χ4v) is 2.86. The van der Waals surface area contributed by atoms with Crippen LogP contribution in [0.2, 0.25) is 0 Å². The second kappa shape index (κ2) is 7.56. The Labute approximate surface area is 150 Å². The molecule has 0 saturated heterocycles. The molecule has 0 aliphatic rings. The van der Waals surface area contributed by atoms with Crippen LogP contribution in [0, 0.1) is 0 Å². The van der Waals surface area contributed by atoms with Gasteiger partial charge < -0.3 is 14.9 Å². The summed E-state index contributed by atoms with van der Waals surface area (Å²) in [5.74, 6) is 1.07. The number of ether oxygens (including phenoxy) is 1. The quantitative estimate of drug-likeness (QED) is 0.705. The maximum Gasteiger partial charge on any atom is 0.133 e. The van der Waals surface area contributed by atoms with Crippen LogP contribution < -0.4 is 4.74 Å². The summed E-state index contributed by atoms with van der Waals surface area (Å²) in [6.45, 7) is 4.40. The van der Waals surface area contributed by atoms with Gasteiger partial charge >= 0.3 is 0 Å². The van der Waals surface area contributed by atoms with E-state index in [1.807, 2.05) is 30.3 Å². The van der Waals surface area contributed by atoms with Gasteiger partial charge in [-0.05, 0) is 51.3 Å². The molecule has 124 valence electrons. The first-order chi connectivity index (χ1) is 10.8. The van der Waals surface area contributed by atoms with Crippen molar-refractivity contribution >= 4 is 27.5 Å². The van der Waals surface area contributed by atoms with Crippen molar-refractivity contribution in [2.24, 2.45) is 0 Å². The topological polar surface area (TPSA) is 49.7 Å². The first kappa shape index (κ1) is 18.1. The third kappa shape index (κ3) is 4.40. The van der Waals surface area contributed by atoms with Crippen LogP contribution in [0.25, 0.3) is 0 Å². The van der Waals surface area contributed by atoms with E-state index in [1.165, 1.54) is 0 Å². The molecule has 23 heavy (non-hydrogen) atoms. The van der Waals surface area contributed by atoms with Gasteiger partial charge in [0.2, 0.25) is 0 Å². The van der Waals surface area contributed by atoms with E-state index in [2.05, 4.69) is 29.8 Å². The van der Waals surface area contributed by atoms with Crippen LogP contribution >= 0.6 is 27.5 Å². The number of aliphatic hydroxyl groups excluding tert-OH is 1. The molecule has 0 amide bonds. The lowest BCUT2D eigenvalue weighted by Crippen LogP contribution is -2.20. The second-order valence-corrected chi connectivity index (χ2v) is 7.10. The second-order valence-electron chi connectivity index (χ2n) is 5.94. The van der Waals surface area contributed by atoms with Gasteiger partial charge in [0.15, 0.2) is 0 Å². The fourth-order valence-electron chi connectivity index (χ4n) is 2.28. The lowest BCUT2D eigenvalue weighted by molar-refractivity contribution is 0.125. The summed E-state index contributed by atoms with van der Waals surface area (Å²) in [4.78, 5) is 0. The molecule has 0 spiro atoms. The van der Waals surface area contributed by atoms with Crippen LogP contribution in [0.5, 0.6) is 11.5 Å². The van der Waals surface area contributed by atoms with E-state index in [0.29, 0.717) is 5.75 Å². The van der Waals surface area contributed by atoms with Gasteiger partial charge in [-0.1, -0.05) is 32.0 Å². The molecule has 3 nitrogen and oxygen atoms in total. The van der Waals surface area contributed by atoms with Crippen molar-refractivity contribution in [2.45, 2.75) is 25.4 Å². The van der Waals surface area contributed by atoms with Crippen LogP contribution in [0.15, 0.2) is 46.9 Å². The molecule has 0 radical (unpaired) electrons.